The number of rotatable bonds is 4. The summed E-state index contributed by atoms with van der Waals surface area (Å²) in [6, 6.07) is 6.45. The Hall–Kier alpha value is -6.80. The van der Waals surface area contributed by atoms with E-state index in [-0.39, 0.29) is 34.6 Å². The van der Waals surface area contributed by atoms with Gasteiger partial charge in [-0.05, 0) is 29.8 Å². The zero-order chi connectivity index (χ0) is 40.3. The number of hydrogen-bond donors (Lipinski definition) is 13. The van der Waals surface area contributed by atoms with E-state index in [2.05, 4.69) is 0 Å². The Labute approximate surface area is 312 Å². The second-order valence-corrected chi connectivity index (χ2v) is 13.7. The second-order valence-electron chi connectivity index (χ2n) is 13.7. The lowest BCUT2D eigenvalue weighted by molar-refractivity contribution is -0.340. The molecule has 292 valence electrons. The number of carbonyl (C=O) groups is 2. The van der Waals surface area contributed by atoms with Crippen molar-refractivity contribution >= 4 is 11.8 Å². The summed E-state index contributed by atoms with van der Waals surface area (Å²) in [5, 5.41) is 140. The summed E-state index contributed by atoms with van der Waals surface area (Å²) in [5.74, 6) is -20.4. The highest BCUT2D eigenvalue weighted by Gasteiger charge is 2.70. The predicted molar refractivity (Wildman–Crippen MR) is 180 cm³/mol. The summed E-state index contributed by atoms with van der Waals surface area (Å²) in [4.78, 5) is 27.2. The van der Waals surface area contributed by atoms with E-state index in [1.807, 2.05) is 0 Å². The molecular weight excluding hydrogens is 748 g/mol. The molecule has 0 saturated carbocycles. The second kappa shape index (κ2) is 12.1. The topological polar surface area (TPSA) is 334 Å². The van der Waals surface area contributed by atoms with E-state index < -0.39 is 134 Å². The van der Waals surface area contributed by atoms with Crippen LogP contribution in [0.25, 0.3) is 0 Å². The molecule has 1 aliphatic carbocycles. The quantitative estimate of drug-likeness (QED) is 0.0768. The third-order valence-electron chi connectivity index (χ3n) is 10.3. The fraction of sp³-hybridized carbons (Fsp3) is 0.243. The van der Waals surface area contributed by atoms with Gasteiger partial charge >= 0.3 is 11.8 Å². The number of ether oxygens (including phenoxy) is 4. The van der Waals surface area contributed by atoms with E-state index in [1.165, 1.54) is 0 Å². The summed E-state index contributed by atoms with van der Waals surface area (Å²) in [5.41, 5.74) is -1.87. The highest BCUT2D eigenvalue weighted by molar-refractivity contribution is 6.00. The smallest absolute Gasteiger partial charge is 0.338 e. The molecule has 0 amide bonds. The maximum absolute atomic E-state index is 13.7. The number of fused-ring (bicyclic) bond motifs is 6. The maximum Gasteiger partial charge on any atom is 0.338 e. The van der Waals surface area contributed by atoms with Crippen LogP contribution in [0.3, 0.4) is 0 Å². The SMILES string of the molecule is O=C(O[C@@H]1Cc2c(O)cc(O)cc2O[C@@H]1C1=CC(=O)[C@]2(O)Oc3c(O)c(O)cc([C@H]4Oc5cc(O)cc(O)c5C[C@H]4O)c3[C@H]1C2(O)O)c1cc(O)c(O)c(O)c1. The molecule has 6 atom stereocenters. The molecule has 4 aromatic rings. The third-order valence-corrected chi connectivity index (χ3v) is 10.3. The number of hydrogen-bond acceptors (Lipinski definition) is 19. The van der Waals surface area contributed by atoms with Crippen molar-refractivity contribution in [2.45, 2.75) is 54.7 Å². The molecule has 13 N–H and O–H groups in total. The number of esters is 1. The monoisotopic (exact) mass is 778 g/mol. The Balaban J connectivity index is 1.31. The number of aromatic hydroxyl groups is 9. The molecule has 0 spiro atoms. The summed E-state index contributed by atoms with van der Waals surface area (Å²) >= 11 is 0. The minimum absolute atomic E-state index is 0.0497. The van der Waals surface area contributed by atoms with Crippen molar-refractivity contribution in [1.29, 1.82) is 0 Å². The molecule has 3 aliphatic heterocycles. The molecule has 56 heavy (non-hydrogen) atoms. The van der Waals surface area contributed by atoms with Gasteiger partial charge in [0, 0.05) is 59.4 Å². The molecule has 0 saturated heterocycles. The van der Waals surface area contributed by atoms with Gasteiger partial charge in [0.15, 0.2) is 41.0 Å². The van der Waals surface area contributed by atoms with Crippen LogP contribution in [0.4, 0.5) is 0 Å². The Morgan fingerprint density at radius 2 is 1.25 bits per heavy atom. The van der Waals surface area contributed by atoms with Crippen molar-refractivity contribution in [3.8, 4) is 69.0 Å². The van der Waals surface area contributed by atoms with Gasteiger partial charge < -0.3 is 85.3 Å². The minimum atomic E-state index is -3.71. The fourth-order valence-electron chi connectivity index (χ4n) is 7.62. The first-order valence-electron chi connectivity index (χ1n) is 16.6. The van der Waals surface area contributed by atoms with Gasteiger partial charge in [0.05, 0.1) is 17.6 Å². The van der Waals surface area contributed by atoms with Crippen molar-refractivity contribution < 1.29 is 94.9 Å². The molecule has 19 heteroatoms. The van der Waals surface area contributed by atoms with Gasteiger partial charge in [-0.2, -0.15) is 0 Å². The van der Waals surface area contributed by atoms with Crippen molar-refractivity contribution in [1.82, 2.24) is 0 Å². The summed E-state index contributed by atoms with van der Waals surface area (Å²) in [6.07, 6.45) is -6.88. The lowest BCUT2D eigenvalue weighted by atomic mass is 9.67. The van der Waals surface area contributed by atoms with Gasteiger partial charge in [-0.15, -0.1) is 0 Å². The minimum Gasteiger partial charge on any atom is -0.508 e. The molecule has 2 bridgehead atoms. The molecule has 19 nitrogen and oxygen atoms in total. The lowest BCUT2D eigenvalue weighted by Gasteiger charge is -2.52. The number of ketones is 1. The van der Waals surface area contributed by atoms with Crippen LogP contribution < -0.4 is 14.2 Å². The molecule has 4 aliphatic rings. The fourth-order valence-corrected chi connectivity index (χ4v) is 7.62. The summed E-state index contributed by atoms with van der Waals surface area (Å²) < 4.78 is 23.2. The van der Waals surface area contributed by atoms with E-state index in [0.717, 1.165) is 42.5 Å². The Kier molecular flexibility index (Phi) is 7.82. The largest absolute Gasteiger partial charge is 0.508 e. The molecule has 3 heterocycles. The summed E-state index contributed by atoms with van der Waals surface area (Å²) in [6.45, 7) is 0. The molecule has 0 unspecified atom stereocenters. The van der Waals surface area contributed by atoms with Gasteiger partial charge in [-0.3, -0.25) is 4.79 Å². The number of phenolic OH excluding ortho intramolecular Hbond substituents is 9. The highest BCUT2D eigenvalue weighted by Crippen LogP contribution is 2.60. The van der Waals surface area contributed by atoms with Crippen molar-refractivity contribution in [3.63, 3.8) is 0 Å². The van der Waals surface area contributed by atoms with Crippen LogP contribution >= 0.6 is 0 Å². The molecular formula is C37H30O19. The molecule has 8 rings (SSSR count). The standard InChI is InChI=1S/C37H30O19/c38-12-3-18(40)14-7-23(45)32(53-24(14)5-12)16-8-22(44)31(48)34-28(16)29-17(10-27(46)37(52,56-34)36(29,50)51)33-26(9-15-19(41)4-13(39)6-25(15)54-33)55-35(49)11-1-20(42)30(47)21(43)2-11/h1-6,8,10,23,26,29,32-33,38-45,47-48,50-52H,7,9H2/t23-,26-,29+,32-,33-,37+/m1/s1. The summed E-state index contributed by atoms with van der Waals surface area (Å²) in [7, 11) is 0. The molecule has 0 aromatic heterocycles. The van der Waals surface area contributed by atoms with E-state index in [4.69, 9.17) is 18.9 Å². The first kappa shape index (κ1) is 36.2. The van der Waals surface area contributed by atoms with Crippen LogP contribution in [0.5, 0.6) is 69.0 Å². The number of aliphatic hydroxyl groups excluding tert-OH is 1. The predicted octanol–water partition coefficient (Wildman–Crippen LogP) is 0.658. The average molecular weight is 779 g/mol. The van der Waals surface area contributed by atoms with Crippen molar-refractivity contribution in [2.75, 3.05) is 0 Å². The van der Waals surface area contributed by atoms with Crippen LogP contribution in [-0.2, 0) is 22.4 Å². The van der Waals surface area contributed by atoms with E-state index in [1.54, 1.807) is 0 Å². The van der Waals surface area contributed by atoms with Crippen LogP contribution in [-0.4, -0.2) is 108 Å². The Morgan fingerprint density at radius 1 is 0.696 bits per heavy atom. The number of carbonyl (C=O) groups excluding carboxylic acids is 2. The van der Waals surface area contributed by atoms with E-state index in [9.17, 15) is 76.0 Å². The van der Waals surface area contributed by atoms with Gasteiger partial charge in [0.2, 0.25) is 17.3 Å². The first-order valence-corrected chi connectivity index (χ1v) is 16.6. The highest BCUT2D eigenvalue weighted by atomic mass is 16.7. The van der Waals surface area contributed by atoms with Crippen molar-refractivity contribution in [2.24, 2.45) is 0 Å². The van der Waals surface area contributed by atoms with E-state index >= 15 is 0 Å². The molecule has 0 radical (unpaired) electrons. The van der Waals surface area contributed by atoms with Crippen LogP contribution in [0.1, 0.15) is 44.6 Å². The van der Waals surface area contributed by atoms with Crippen LogP contribution in [0, 0.1) is 0 Å². The average Bonchev–Trinajstić information content (AvgIpc) is 3.11. The molecule has 0 fully saturated rings. The number of benzene rings is 4. The van der Waals surface area contributed by atoms with Crippen LogP contribution in [0.2, 0.25) is 0 Å². The normalized spacial score (nSPS) is 25.6. The Morgan fingerprint density at radius 3 is 1.86 bits per heavy atom. The van der Waals surface area contributed by atoms with Gasteiger partial charge in [-0.1, -0.05) is 0 Å². The van der Waals surface area contributed by atoms with Gasteiger partial charge in [-0.25, -0.2) is 4.79 Å². The zero-order valence-corrected chi connectivity index (χ0v) is 28.2. The van der Waals surface area contributed by atoms with Gasteiger partial charge in [0.25, 0.3) is 0 Å². The van der Waals surface area contributed by atoms with Crippen molar-refractivity contribution in [3.05, 3.63) is 81.9 Å². The Bertz CT molecular complexity index is 2400. The third kappa shape index (κ3) is 5.20. The first-order chi connectivity index (χ1) is 26.3. The van der Waals surface area contributed by atoms with Crippen LogP contribution in [0.15, 0.2) is 54.1 Å². The lowest BCUT2D eigenvalue weighted by Crippen LogP contribution is -2.70. The molecule has 4 aromatic carbocycles. The van der Waals surface area contributed by atoms with E-state index in [0.29, 0.717) is 6.08 Å². The number of aliphatic hydroxyl groups is 4. The van der Waals surface area contributed by atoms with Gasteiger partial charge in [0.1, 0.15) is 40.6 Å². The number of phenols is 9. The zero-order valence-electron chi connectivity index (χ0n) is 28.2. The maximum atomic E-state index is 13.7.